The van der Waals surface area contributed by atoms with Crippen LogP contribution in [0.25, 0.3) is 0 Å². The molecule has 0 saturated heterocycles. The van der Waals surface area contributed by atoms with Gasteiger partial charge >= 0.3 is 95.0 Å². The predicted octanol–water partition coefficient (Wildman–Crippen LogP) is 1.30. The molecule has 1 heterocycles. The molecule has 1 aromatic heterocycles. The first-order valence-corrected chi connectivity index (χ1v) is 7.88. The SMILES string of the molecule is C[C](C)(C)[Sn][c]1nncc(C2CC2)n1. The summed E-state index contributed by atoms with van der Waals surface area (Å²) in [6.07, 6.45) is 4.42. The van der Waals surface area contributed by atoms with Gasteiger partial charge in [-0.15, -0.1) is 0 Å². The molecule has 0 spiro atoms. The molecular formula is C10H15N3Sn. The van der Waals surface area contributed by atoms with Gasteiger partial charge in [0.05, 0.1) is 0 Å². The second kappa shape index (κ2) is 3.76. The summed E-state index contributed by atoms with van der Waals surface area (Å²) in [5.74, 6) is 0.698. The Morgan fingerprint density at radius 2 is 2.07 bits per heavy atom. The van der Waals surface area contributed by atoms with Gasteiger partial charge in [0, 0.05) is 0 Å². The molecule has 0 aromatic carbocycles. The first-order valence-electron chi connectivity index (χ1n) is 5.02. The molecule has 1 fully saturated rings. The molecule has 0 aliphatic heterocycles. The first-order chi connectivity index (χ1) is 6.54. The molecule has 74 valence electrons. The molecule has 1 saturated carbocycles. The Hall–Kier alpha value is -0.191. The van der Waals surface area contributed by atoms with E-state index in [1.807, 2.05) is 6.20 Å². The Balaban J connectivity index is 2.13. The Kier molecular flexibility index (Phi) is 2.77. The number of rotatable bonds is 2. The molecule has 1 aliphatic carbocycles. The molecule has 4 heteroatoms. The molecule has 0 atom stereocenters. The number of hydrogen-bond donors (Lipinski definition) is 0. The molecule has 0 bridgehead atoms. The van der Waals surface area contributed by atoms with Gasteiger partial charge < -0.3 is 0 Å². The number of aromatic nitrogens is 3. The van der Waals surface area contributed by atoms with Gasteiger partial charge in [-0.1, -0.05) is 0 Å². The van der Waals surface area contributed by atoms with E-state index in [0.29, 0.717) is 9.35 Å². The van der Waals surface area contributed by atoms with E-state index in [1.165, 1.54) is 18.5 Å². The summed E-state index contributed by atoms with van der Waals surface area (Å²) in [6.45, 7) is 6.81. The summed E-state index contributed by atoms with van der Waals surface area (Å²) >= 11 is -0.672. The molecule has 0 N–H and O–H groups in total. The van der Waals surface area contributed by atoms with Crippen LogP contribution in [-0.4, -0.2) is 36.3 Å². The minimum absolute atomic E-state index is 0.410. The van der Waals surface area contributed by atoms with Crippen molar-refractivity contribution in [3.05, 3.63) is 11.9 Å². The summed E-state index contributed by atoms with van der Waals surface area (Å²) < 4.78 is 1.47. The second-order valence-electron chi connectivity index (χ2n) is 4.85. The fourth-order valence-electron chi connectivity index (χ4n) is 1.28. The molecule has 14 heavy (non-hydrogen) atoms. The topological polar surface area (TPSA) is 38.7 Å². The monoisotopic (exact) mass is 297 g/mol. The minimum atomic E-state index is -0.672. The van der Waals surface area contributed by atoms with Crippen molar-refractivity contribution in [1.29, 1.82) is 0 Å². The van der Waals surface area contributed by atoms with Crippen LogP contribution in [0.3, 0.4) is 0 Å². The van der Waals surface area contributed by atoms with Gasteiger partial charge in [0.25, 0.3) is 0 Å². The second-order valence-corrected chi connectivity index (χ2v) is 11.1. The standard InChI is InChI=1S/C6H6N3.C4H9.Sn/c1-2-5(1)6-3-8-9-4-7-6;1-4(2)3;/h3,5H,1-2H2;1-3H3;. The Morgan fingerprint density at radius 1 is 1.36 bits per heavy atom. The van der Waals surface area contributed by atoms with Crippen molar-refractivity contribution in [2.75, 3.05) is 0 Å². The average Bonchev–Trinajstić information content (AvgIpc) is 2.83. The quantitative estimate of drug-likeness (QED) is 0.772. The molecule has 2 radical (unpaired) electrons. The Bertz CT molecular complexity index is 328. The van der Waals surface area contributed by atoms with Crippen molar-refractivity contribution in [1.82, 2.24) is 15.2 Å². The van der Waals surface area contributed by atoms with Crippen molar-refractivity contribution in [2.45, 2.75) is 43.0 Å². The van der Waals surface area contributed by atoms with Crippen LogP contribution in [0.15, 0.2) is 6.20 Å². The molecule has 0 unspecified atom stereocenters. The van der Waals surface area contributed by atoms with Gasteiger partial charge in [-0.25, -0.2) is 0 Å². The first kappa shape index (κ1) is 10.3. The van der Waals surface area contributed by atoms with Crippen LogP contribution in [0, 0.1) is 0 Å². The summed E-state index contributed by atoms with van der Waals surface area (Å²) in [5, 5.41) is 8.21. The van der Waals surface area contributed by atoms with Crippen molar-refractivity contribution in [3.8, 4) is 0 Å². The third-order valence-corrected chi connectivity index (χ3v) is 5.44. The van der Waals surface area contributed by atoms with Crippen molar-refractivity contribution < 1.29 is 0 Å². The zero-order chi connectivity index (χ0) is 10.2. The zero-order valence-electron chi connectivity index (χ0n) is 8.91. The number of nitrogens with zero attached hydrogens (tertiary/aromatic N) is 3. The fourth-order valence-corrected chi connectivity index (χ4v) is 4.03. The van der Waals surface area contributed by atoms with Crippen LogP contribution < -0.4 is 3.84 Å². The van der Waals surface area contributed by atoms with Gasteiger partial charge in [0.2, 0.25) is 0 Å². The van der Waals surface area contributed by atoms with Crippen molar-refractivity contribution >= 4 is 25.0 Å². The van der Waals surface area contributed by atoms with E-state index in [9.17, 15) is 0 Å². The van der Waals surface area contributed by atoms with Gasteiger partial charge in [-0.3, -0.25) is 0 Å². The van der Waals surface area contributed by atoms with Gasteiger partial charge in [-0.05, 0) is 0 Å². The molecule has 1 aliphatic rings. The molecule has 1 aromatic rings. The fraction of sp³-hybridized carbons (Fsp3) is 0.700. The third-order valence-electron chi connectivity index (χ3n) is 2.06. The van der Waals surface area contributed by atoms with Crippen LogP contribution >= 0.6 is 0 Å². The van der Waals surface area contributed by atoms with Gasteiger partial charge in [-0.2, -0.15) is 0 Å². The molecule has 2 rings (SSSR count). The van der Waals surface area contributed by atoms with E-state index in [4.69, 9.17) is 0 Å². The Labute approximate surface area is 95.0 Å². The van der Waals surface area contributed by atoms with Crippen molar-refractivity contribution in [2.24, 2.45) is 0 Å². The predicted molar refractivity (Wildman–Crippen MR) is 56.9 cm³/mol. The van der Waals surface area contributed by atoms with E-state index < -0.39 is 21.1 Å². The van der Waals surface area contributed by atoms with Crippen molar-refractivity contribution in [3.63, 3.8) is 0 Å². The van der Waals surface area contributed by atoms with Crippen LogP contribution in [0.5, 0.6) is 0 Å². The van der Waals surface area contributed by atoms with Crippen LogP contribution in [0.4, 0.5) is 0 Å². The summed E-state index contributed by atoms with van der Waals surface area (Å²) in [4.78, 5) is 4.62. The summed E-state index contributed by atoms with van der Waals surface area (Å²) in [5.41, 5.74) is 1.18. The average molecular weight is 296 g/mol. The molecular weight excluding hydrogens is 281 g/mol. The summed E-state index contributed by atoms with van der Waals surface area (Å²) in [7, 11) is 0. The van der Waals surface area contributed by atoms with E-state index in [-0.39, 0.29) is 0 Å². The molecule has 3 nitrogen and oxygen atoms in total. The van der Waals surface area contributed by atoms with Crippen LogP contribution in [-0.2, 0) is 0 Å². The Morgan fingerprint density at radius 3 is 2.64 bits per heavy atom. The van der Waals surface area contributed by atoms with E-state index in [2.05, 4.69) is 36.0 Å². The van der Waals surface area contributed by atoms with E-state index >= 15 is 0 Å². The van der Waals surface area contributed by atoms with Crippen LogP contribution in [0.1, 0.15) is 45.2 Å². The third kappa shape index (κ3) is 2.90. The zero-order valence-corrected chi connectivity index (χ0v) is 11.8. The van der Waals surface area contributed by atoms with E-state index in [1.54, 1.807) is 0 Å². The van der Waals surface area contributed by atoms with E-state index in [0.717, 1.165) is 3.84 Å². The number of hydrogen-bond acceptors (Lipinski definition) is 3. The molecule has 0 amide bonds. The summed E-state index contributed by atoms with van der Waals surface area (Å²) in [6, 6.07) is 0. The van der Waals surface area contributed by atoms with Crippen LogP contribution in [0.2, 0.25) is 3.43 Å². The normalized spacial score (nSPS) is 17.1. The maximum atomic E-state index is 4.62. The maximum absolute atomic E-state index is 4.62. The van der Waals surface area contributed by atoms with Gasteiger partial charge in [0.15, 0.2) is 0 Å². The van der Waals surface area contributed by atoms with Gasteiger partial charge in [0.1, 0.15) is 0 Å².